The van der Waals surface area contributed by atoms with E-state index in [9.17, 15) is 9.59 Å². The number of nitrogens with zero attached hydrogens (tertiary/aromatic N) is 3. The molecule has 0 aromatic carbocycles. The van der Waals surface area contributed by atoms with Crippen molar-refractivity contribution in [3.05, 3.63) is 36.0 Å². The Labute approximate surface area is 148 Å². The second kappa shape index (κ2) is 8.87. The minimum atomic E-state index is 0.0474. The fourth-order valence-corrected chi connectivity index (χ4v) is 3.37. The second-order valence-corrected chi connectivity index (χ2v) is 7.03. The summed E-state index contributed by atoms with van der Waals surface area (Å²) in [6.45, 7) is 10.7. The molecule has 6 heteroatoms. The van der Waals surface area contributed by atoms with Gasteiger partial charge in [-0.25, -0.2) is 4.98 Å². The third-order valence-electron chi connectivity index (χ3n) is 3.92. The van der Waals surface area contributed by atoms with Crippen molar-refractivity contribution in [3.63, 3.8) is 0 Å². The van der Waals surface area contributed by atoms with Gasteiger partial charge in [-0.05, 0) is 38.8 Å². The first kappa shape index (κ1) is 18.5. The highest BCUT2D eigenvalue weighted by atomic mass is 32.2. The highest BCUT2D eigenvalue weighted by molar-refractivity contribution is 7.99. The van der Waals surface area contributed by atoms with Crippen molar-refractivity contribution in [2.24, 2.45) is 0 Å². The van der Waals surface area contributed by atoms with Crippen LogP contribution in [0.2, 0.25) is 0 Å². The number of likely N-dealkylation sites (N-methyl/N-ethyl adjacent to an activating group) is 1. The molecule has 5 nitrogen and oxygen atoms in total. The Morgan fingerprint density at radius 2 is 2.04 bits per heavy atom. The minimum Gasteiger partial charge on any atom is -0.339 e. The van der Waals surface area contributed by atoms with Crippen molar-refractivity contribution in [3.8, 4) is 0 Å². The van der Waals surface area contributed by atoms with Crippen molar-refractivity contribution in [1.82, 2.24) is 14.8 Å². The van der Waals surface area contributed by atoms with Gasteiger partial charge in [0.1, 0.15) is 0 Å². The average Bonchev–Trinajstić information content (AvgIpc) is 3.11. The van der Waals surface area contributed by atoms with Gasteiger partial charge in [0.25, 0.3) is 5.91 Å². The lowest BCUT2D eigenvalue weighted by molar-refractivity contribution is -0.127. The average molecular weight is 347 g/mol. The zero-order chi connectivity index (χ0) is 17.5. The van der Waals surface area contributed by atoms with Crippen LogP contribution in [0.1, 0.15) is 37.0 Å². The van der Waals surface area contributed by atoms with E-state index in [-0.39, 0.29) is 11.8 Å². The molecule has 1 aliphatic heterocycles. The summed E-state index contributed by atoms with van der Waals surface area (Å²) < 4.78 is 0. The number of carbonyl (C=O) groups is 2. The first-order valence-corrected chi connectivity index (χ1v) is 9.30. The third kappa shape index (κ3) is 5.09. The van der Waals surface area contributed by atoms with Crippen molar-refractivity contribution in [1.29, 1.82) is 0 Å². The molecule has 0 spiro atoms. The van der Waals surface area contributed by atoms with E-state index in [1.165, 1.54) is 11.8 Å². The molecule has 0 unspecified atom stereocenters. The number of aromatic nitrogens is 1. The van der Waals surface area contributed by atoms with Crippen LogP contribution < -0.4 is 0 Å². The lowest BCUT2D eigenvalue weighted by Crippen LogP contribution is -2.33. The molecular formula is C18H25N3O2S. The molecule has 1 saturated heterocycles. The van der Waals surface area contributed by atoms with E-state index in [1.54, 1.807) is 17.2 Å². The van der Waals surface area contributed by atoms with Crippen LogP contribution >= 0.6 is 11.8 Å². The lowest BCUT2D eigenvalue weighted by atomic mass is 10.2. The maximum Gasteiger partial charge on any atom is 0.255 e. The molecule has 0 atom stereocenters. The summed E-state index contributed by atoms with van der Waals surface area (Å²) in [6, 6.07) is 3.61. The Kier molecular flexibility index (Phi) is 6.85. The predicted molar refractivity (Wildman–Crippen MR) is 97.2 cm³/mol. The Morgan fingerprint density at radius 3 is 2.58 bits per heavy atom. The van der Waals surface area contributed by atoms with Crippen LogP contribution in [0.5, 0.6) is 0 Å². The summed E-state index contributed by atoms with van der Waals surface area (Å²) in [5.41, 5.74) is 1.59. The Bertz CT molecular complexity index is 595. The zero-order valence-corrected chi connectivity index (χ0v) is 15.3. The summed E-state index contributed by atoms with van der Waals surface area (Å²) in [7, 11) is 0. The Hall–Kier alpha value is -1.82. The number of likely N-dealkylation sites (tertiary alicyclic amines) is 1. The van der Waals surface area contributed by atoms with Crippen molar-refractivity contribution in [2.75, 3.05) is 31.9 Å². The Balaban J connectivity index is 1.88. The first-order chi connectivity index (χ1) is 11.5. The molecule has 0 aliphatic carbocycles. The van der Waals surface area contributed by atoms with Gasteiger partial charge < -0.3 is 9.80 Å². The van der Waals surface area contributed by atoms with Crippen LogP contribution in [0.3, 0.4) is 0 Å². The predicted octanol–water partition coefficient (Wildman–Crippen LogP) is 2.83. The first-order valence-electron chi connectivity index (χ1n) is 8.31. The van der Waals surface area contributed by atoms with Crippen LogP contribution in [0.25, 0.3) is 0 Å². The van der Waals surface area contributed by atoms with Crippen molar-refractivity contribution < 1.29 is 9.59 Å². The van der Waals surface area contributed by atoms with Crippen LogP contribution in [0, 0.1) is 0 Å². The number of rotatable bonds is 7. The topological polar surface area (TPSA) is 53.5 Å². The van der Waals surface area contributed by atoms with E-state index in [1.807, 2.05) is 24.8 Å². The summed E-state index contributed by atoms with van der Waals surface area (Å²) in [5.74, 6) is 0.462. The number of hydrogen-bond acceptors (Lipinski definition) is 4. The molecule has 130 valence electrons. The molecule has 1 aromatic rings. The molecule has 1 aliphatic rings. The molecule has 0 bridgehead atoms. The highest BCUT2D eigenvalue weighted by Gasteiger charge is 2.19. The summed E-state index contributed by atoms with van der Waals surface area (Å²) in [4.78, 5) is 32.4. The monoisotopic (exact) mass is 347 g/mol. The maximum absolute atomic E-state index is 12.3. The van der Waals surface area contributed by atoms with Crippen LogP contribution in [-0.2, 0) is 4.79 Å². The van der Waals surface area contributed by atoms with E-state index in [0.717, 1.165) is 36.5 Å². The molecule has 1 aromatic heterocycles. The third-order valence-corrected chi connectivity index (χ3v) is 4.84. The van der Waals surface area contributed by atoms with Crippen LogP contribution in [0.15, 0.2) is 35.5 Å². The van der Waals surface area contributed by atoms with Crippen LogP contribution in [0.4, 0.5) is 0 Å². The summed E-state index contributed by atoms with van der Waals surface area (Å²) >= 11 is 1.40. The van der Waals surface area contributed by atoms with Gasteiger partial charge in [-0.3, -0.25) is 9.59 Å². The van der Waals surface area contributed by atoms with Gasteiger partial charge in [0, 0.05) is 32.4 Å². The fourth-order valence-electron chi connectivity index (χ4n) is 2.62. The quantitative estimate of drug-likeness (QED) is 0.562. The second-order valence-electron chi connectivity index (χ2n) is 6.04. The SMILES string of the molecule is C=C(C)CN(CC)C(=O)CSc1ccc(C(=O)N2CCCC2)cn1. The smallest absolute Gasteiger partial charge is 0.255 e. The lowest BCUT2D eigenvalue weighted by Gasteiger charge is -2.20. The van der Waals surface area contributed by atoms with Crippen molar-refractivity contribution >= 4 is 23.6 Å². The molecule has 24 heavy (non-hydrogen) atoms. The van der Waals surface area contributed by atoms with Gasteiger partial charge in [0.2, 0.25) is 5.91 Å². The van der Waals surface area contributed by atoms with Gasteiger partial charge in [-0.2, -0.15) is 0 Å². The molecule has 0 radical (unpaired) electrons. The largest absolute Gasteiger partial charge is 0.339 e. The molecule has 0 N–H and O–H groups in total. The van der Waals surface area contributed by atoms with Crippen LogP contribution in [-0.4, -0.2) is 58.5 Å². The minimum absolute atomic E-state index is 0.0474. The molecule has 2 rings (SSSR count). The van der Waals surface area contributed by atoms with E-state index in [4.69, 9.17) is 0 Å². The number of hydrogen-bond donors (Lipinski definition) is 0. The number of pyridine rings is 1. The van der Waals surface area contributed by atoms with E-state index in [2.05, 4.69) is 11.6 Å². The van der Waals surface area contributed by atoms with Gasteiger partial charge in [-0.1, -0.05) is 23.9 Å². The van der Waals surface area contributed by atoms with Crippen molar-refractivity contribution in [2.45, 2.75) is 31.7 Å². The fraction of sp³-hybridized carbons (Fsp3) is 0.500. The van der Waals surface area contributed by atoms with Gasteiger partial charge in [0.05, 0.1) is 16.3 Å². The highest BCUT2D eigenvalue weighted by Crippen LogP contribution is 2.18. The van der Waals surface area contributed by atoms with Gasteiger partial charge in [-0.15, -0.1) is 0 Å². The summed E-state index contributed by atoms with van der Waals surface area (Å²) in [6.07, 6.45) is 3.76. The maximum atomic E-state index is 12.3. The number of amides is 2. The van der Waals surface area contributed by atoms with E-state index in [0.29, 0.717) is 24.4 Å². The van der Waals surface area contributed by atoms with Gasteiger partial charge in [0.15, 0.2) is 0 Å². The summed E-state index contributed by atoms with van der Waals surface area (Å²) in [5, 5.41) is 0.757. The van der Waals surface area contributed by atoms with E-state index >= 15 is 0 Å². The Morgan fingerprint density at radius 1 is 1.33 bits per heavy atom. The molecule has 2 heterocycles. The molecule has 0 saturated carbocycles. The zero-order valence-electron chi connectivity index (χ0n) is 14.5. The van der Waals surface area contributed by atoms with Gasteiger partial charge >= 0.3 is 0 Å². The standard InChI is InChI=1S/C18H25N3O2S/c1-4-20(12-14(2)3)17(22)13-24-16-8-7-15(11-19-16)18(23)21-9-5-6-10-21/h7-8,11H,2,4-6,9-10,12-13H2,1,3H3. The number of thioether (sulfide) groups is 1. The molecule has 1 fully saturated rings. The number of carbonyl (C=O) groups excluding carboxylic acids is 2. The molecule has 2 amide bonds. The normalized spacial score (nSPS) is 13.8. The molecular weight excluding hydrogens is 322 g/mol. The van der Waals surface area contributed by atoms with E-state index < -0.39 is 0 Å².